The first kappa shape index (κ1) is 43.0. The monoisotopic (exact) mass is 807 g/mol. The van der Waals surface area contributed by atoms with E-state index in [1.165, 1.54) is 21.6 Å². The maximum absolute atomic E-state index is 14.1. The van der Waals surface area contributed by atoms with E-state index in [9.17, 15) is 29.1 Å². The Morgan fingerprint density at radius 1 is 0.768 bits per heavy atom. The summed E-state index contributed by atoms with van der Waals surface area (Å²) in [5, 5.41) is 25.5. The SMILES string of the molecule is NC(N)=NCCC[C@@H]1NC(=O)[C@@H](NC(=O)CCN=C(N)N)CSSC[C@@H](C(=O)NCCc2ccc(O)cc2)NC(=O)[C@H](Cc2ccc3ccccc3c2)NC1=O. The Bertz CT molecular complexity index is 1890. The summed E-state index contributed by atoms with van der Waals surface area (Å²) in [5.74, 6) is -2.86. The average Bonchev–Trinajstić information content (AvgIpc) is 3.16. The summed E-state index contributed by atoms with van der Waals surface area (Å²) in [6.45, 7) is 0.423. The topological polar surface area (TPSA) is 295 Å². The quantitative estimate of drug-likeness (QED) is 0.0427. The highest BCUT2D eigenvalue weighted by atomic mass is 33.1. The van der Waals surface area contributed by atoms with E-state index in [0.29, 0.717) is 12.8 Å². The molecule has 56 heavy (non-hydrogen) atoms. The summed E-state index contributed by atoms with van der Waals surface area (Å²) >= 11 is 0. The largest absolute Gasteiger partial charge is 0.508 e. The number of nitrogens with zero attached hydrogens (tertiary/aromatic N) is 2. The number of carbonyl (C=O) groups excluding carboxylic acids is 5. The molecule has 1 heterocycles. The molecule has 300 valence electrons. The van der Waals surface area contributed by atoms with Crippen molar-refractivity contribution in [2.75, 3.05) is 31.1 Å². The fourth-order valence-corrected chi connectivity index (χ4v) is 7.99. The second-order valence-electron chi connectivity index (χ2n) is 13.0. The summed E-state index contributed by atoms with van der Waals surface area (Å²) in [5.41, 5.74) is 23.4. The van der Waals surface area contributed by atoms with Crippen molar-refractivity contribution in [1.82, 2.24) is 26.6 Å². The zero-order valence-electron chi connectivity index (χ0n) is 30.7. The van der Waals surface area contributed by atoms with E-state index < -0.39 is 53.7 Å². The molecule has 5 amide bonds. The number of nitrogens with two attached hydrogens (primary N) is 4. The summed E-state index contributed by atoms with van der Waals surface area (Å²) in [7, 11) is 2.44. The highest BCUT2D eigenvalue weighted by Crippen LogP contribution is 2.24. The van der Waals surface area contributed by atoms with Crippen LogP contribution in [0.25, 0.3) is 10.8 Å². The predicted octanol–water partition coefficient (Wildman–Crippen LogP) is -0.502. The molecule has 3 aromatic rings. The number of aliphatic imine (C=N–C) groups is 2. The number of phenolic OH excluding ortho intramolecular Hbond substituents is 1. The van der Waals surface area contributed by atoms with Crippen molar-refractivity contribution in [2.24, 2.45) is 32.9 Å². The van der Waals surface area contributed by atoms with E-state index in [1.54, 1.807) is 24.3 Å². The molecule has 1 saturated heterocycles. The van der Waals surface area contributed by atoms with Crippen LogP contribution in [0.4, 0.5) is 0 Å². The number of nitrogens with one attached hydrogen (secondary N) is 5. The second-order valence-corrected chi connectivity index (χ2v) is 15.5. The first-order chi connectivity index (χ1) is 26.9. The van der Waals surface area contributed by atoms with Gasteiger partial charge in [0.1, 0.15) is 29.9 Å². The number of guanidine groups is 2. The lowest BCUT2D eigenvalue weighted by Crippen LogP contribution is -2.59. The van der Waals surface area contributed by atoms with Gasteiger partial charge >= 0.3 is 0 Å². The molecule has 3 aromatic carbocycles. The maximum Gasteiger partial charge on any atom is 0.244 e. The molecule has 14 N–H and O–H groups in total. The molecule has 0 bridgehead atoms. The van der Waals surface area contributed by atoms with Crippen LogP contribution in [-0.4, -0.2) is 102 Å². The van der Waals surface area contributed by atoms with Gasteiger partial charge in [-0.2, -0.15) is 0 Å². The summed E-state index contributed by atoms with van der Waals surface area (Å²) in [4.78, 5) is 76.1. The molecule has 0 unspecified atom stereocenters. The van der Waals surface area contributed by atoms with Gasteiger partial charge in [-0.25, -0.2) is 0 Å². The minimum atomic E-state index is -1.15. The van der Waals surface area contributed by atoms with Gasteiger partial charge in [-0.1, -0.05) is 76.2 Å². The first-order valence-corrected chi connectivity index (χ1v) is 20.5. The van der Waals surface area contributed by atoms with Crippen molar-refractivity contribution >= 4 is 73.8 Å². The zero-order chi connectivity index (χ0) is 40.5. The smallest absolute Gasteiger partial charge is 0.244 e. The molecule has 1 aliphatic heterocycles. The Kier molecular flexibility index (Phi) is 16.9. The van der Waals surface area contributed by atoms with Crippen molar-refractivity contribution in [3.05, 3.63) is 77.9 Å². The van der Waals surface area contributed by atoms with Crippen LogP contribution in [0.3, 0.4) is 0 Å². The summed E-state index contributed by atoms with van der Waals surface area (Å²) in [6.07, 6.45) is 0.834. The zero-order valence-corrected chi connectivity index (χ0v) is 32.4. The van der Waals surface area contributed by atoms with Crippen LogP contribution in [0.5, 0.6) is 5.75 Å². The van der Waals surface area contributed by atoms with Crippen LogP contribution in [0.2, 0.25) is 0 Å². The maximum atomic E-state index is 14.1. The highest BCUT2D eigenvalue weighted by Gasteiger charge is 2.32. The van der Waals surface area contributed by atoms with Gasteiger partial charge in [-0.05, 0) is 53.3 Å². The number of phenols is 1. The standard InChI is InChI=1S/C37H49N11O6S2/c38-36(39)43-15-3-6-27-33(52)47-28(19-23-7-10-24-4-1-2-5-25(24)18-23)34(53)48-29(32(51)42-16-13-22-8-11-26(49)12-9-22)20-55-56-21-30(35(54)46-27)45-31(50)14-17-44-37(40)41/h1-2,4-5,7-12,18,27-30,49H,3,6,13-17,19-21H2,(H,42,51)(H,45,50)(H,46,54)(H,47,52)(H,48,53)(H4,38,39,43)(H4,40,41,44)/t27-,28-,29-,30-/m0/s1. The number of carbonyl (C=O) groups is 5. The van der Waals surface area contributed by atoms with Gasteiger partial charge in [0.15, 0.2) is 11.9 Å². The van der Waals surface area contributed by atoms with Crippen molar-refractivity contribution in [3.63, 3.8) is 0 Å². The lowest BCUT2D eigenvalue weighted by atomic mass is 10.00. The molecule has 4 rings (SSSR count). The van der Waals surface area contributed by atoms with E-state index in [-0.39, 0.29) is 68.1 Å². The Balaban J connectivity index is 1.61. The molecular weight excluding hydrogens is 759 g/mol. The number of fused-ring (bicyclic) bond motifs is 1. The minimum Gasteiger partial charge on any atom is -0.508 e. The lowest BCUT2D eigenvalue weighted by molar-refractivity contribution is -0.134. The molecule has 1 aliphatic rings. The van der Waals surface area contributed by atoms with Crippen molar-refractivity contribution in [3.8, 4) is 5.75 Å². The van der Waals surface area contributed by atoms with E-state index in [0.717, 1.165) is 21.9 Å². The molecule has 19 heteroatoms. The van der Waals surface area contributed by atoms with Crippen LogP contribution < -0.4 is 49.5 Å². The van der Waals surface area contributed by atoms with Crippen LogP contribution in [0.1, 0.15) is 30.4 Å². The Morgan fingerprint density at radius 3 is 2.14 bits per heavy atom. The van der Waals surface area contributed by atoms with Gasteiger partial charge in [-0.3, -0.25) is 34.0 Å². The molecule has 0 radical (unpaired) electrons. The first-order valence-electron chi connectivity index (χ1n) is 18.0. The Labute approximate surface area is 332 Å². The van der Waals surface area contributed by atoms with E-state index in [4.69, 9.17) is 22.9 Å². The van der Waals surface area contributed by atoms with Gasteiger partial charge in [0.25, 0.3) is 0 Å². The van der Waals surface area contributed by atoms with Crippen LogP contribution >= 0.6 is 21.6 Å². The van der Waals surface area contributed by atoms with E-state index in [1.807, 2.05) is 42.5 Å². The fraction of sp³-hybridized carbons (Fsp3) is 0.378. The van der Waals surface area contributed by atoms with Crippen LogP contribution in [0, 0.1) is 0 Å². The van der Waals surface area contributed by atoms with Crippen molar-refractivity contribution < 1.29 is 29.1 Å². The third kappa shape index (κ3) is 14.5. The molecule has 0 aromatic heterocycles. The Morgan fingerprint density at radius 2 is 1.41 bits per heavy atom. The molecule has 0 aliphatic carbocycles. The number of benzene rings is 3. The molecular formula is C37H49N11O6S2. The number of amides is 5. The van der Waals surface area contributed by atoms with Crippen molar-refractivity contribution in [2.45, 2.75) is 56.3 Å². The van der Waals surface area contributed by atoms with Crippen LogP contribution in [-0.2, 0) is 36.8 Å². The van der Waals surface area contributed by atoms with Crippen LogP contribution in [0.15, 0.2) is 76.7 Å². The van der Waals surface area contributed by atoms with Gasteiger partial charge in [0, 0.05) is 37.4 Å². The predicted molar refractivity (Wildman–Crippen MR) is 220 cm³/mol. The number of hydrogen-bond acceptors (Lipinski definition) is 10. The molecule has 1 fully saturated rings. The fourth-order valence-electron chi connectivity index (χ4n) is 5.67. The van der Waals surface area contributed by atoms with Crippen molar-refractivity contribution in [1.29, 1.82) is 0 Å². The lowest BCUT2D eigenvalue weighted by Gasteiger charge is -2.27. The molecule has 17 nitrogen and oxygen atoms in total. The molecule has 0 spiro atoms. The molecule has 0 saturated carbocycles. The second kappa shape index (κ2) is 22.0. The van der Waals surface area contributed by atoms with Gasteiger partial charge in [-0.15, -0.1) is 0 Å². The normalized spacial score (nSPS) is 19.3. The highest BCUT2D eigenvalue weighted by molar-refractivity contribution is 8.76. The third-order valence-corrected chi connectivity index (χ3v) is 11.0. The number of hydrogen-bond donors (Lipinski definition) is 10. The van der Waals surface area contributed by atoms with Gasteiger partial charge in [0.05, 0.1) is 6.54 Å². The third-order valence-electron chi connectivity index (χ3n) is 8.58. The van der Waals surface area contributed by atoms with Gasteiger partial charge in [0.2, 0.25) is 29.5 Å². The Hall–Kier alpha value is -5.69. The van der Waals surface area contributed by atoms with E-state index in [2.05, 4.69) is 36.6 Å². The van der Waals surface area contributed by atoms with Gasteiger partial charge < -0.3 is 54.6 Å². The minimum absolute atomic E-state index is 0.00204. The molecule has 4 atom stereocenters. The van der Waals surface area contributed by atoms with E-state index >= 15 is 0 Å². The summed E-state index contributed by atoms with van der Waals surface area (Å²) < 4.78 is 0. The summed E-state index contributed by atoms with van der Waals surface area (Å²) in [6, 6.07) is 15.6. The number of aromatic hydroxyl groups is 1. The number of rotatable bonds is 14. The average molecular weight is 808 g/mol.